The van der Waals surface area contributed by atoms with Crippen molar-refractivity contribution in [3.8, 4) is 0 Å². The van der Waals surface area contributed by atoms with Crippen molar-refractivity contribution in [3.63, 3.8) is 0 Å². The van der Waals surface area contributed by atoms with Gasteiger partial charge in [0.25, 0.3) is 0 Å². The predicted molar refractivity (Wildman–Crippen MR) is 89.5 cm³/mol. The molecule has 0 aromatic heterocycles. The summed E-state index contributed by atoms with van der Waals surface area (Å²) in [6.45, 7) is 5.38. The zero-order valence-electron chi connectivity index (χ0n) is 13.3. The number of carbonyl (C=O) groups excluding carboxylic acids is 3. The normalized spacial score (nSPS) is 9.04. The average Bonchev–Trinajstić information content (AvgIpc) is 2.63. The molecule has 0 atom stereocenters. The summed E-state index contributed by atoms with van der Waals surface area (Å²) in [6, 6.07) is 16.8. The fourth-order valence-electron chi connectivity index (χ4n) is 1.55. The molecule has 0 aliphatic heterocycles. The Bertz CT molecular complexity index is 628. The molecule has 0 aliphatic carbocycles. The van der Waals surface area contributed by atoms with Gasteiger partial charge in [0, 0.05) is 6.08 Å². The van der Waals surface area contributed by atoms with Gasteiger partial charge in [-0.05, 0) is 31.2 Å². The van der Waals surface area contributed by atoms with Gasteiger partial charge in [-0.3, -0.25) is 0 Å². The van der Waals surface area contributed by atoms with Crippen molar-refractivity contribution in [1.29, 1.82) is 0 Å². The highest BCUT2D eigenvalue weighted by Crippen LogP contribution is 2.06. The summed E-state index contributed by atoms with van der Waals surface area (Å²) < 4.78 is 9.18. The second-order valence-electron chi connectivity index (χ2n) is 4.37. The fourth-order valence-corrected chi connectivity index (χ4v) is 1.55. The Labute approximate surface area is 140 Å². The number of hydrogen-bond acceptors (Lipinski definition) is 5. The van der Waals surface area contributed by atoms with Gasteiger partial charge in [0.1, 0.15) is 0 Å². The van der Waals surface area contributed by atoms with Gasteiger partial charge in [-0.25, -0.2) is 14.4 Å². The molecule has 0 spiro atoms. The van der Waals surface area contributed by atoms with Crippen molar-refractivity contribution in [2.24, 2.45) is 0 Å². The first-order chi connectivity index (χ1) is 11.6. The van der Waals surface area contributed by atoms with E-state index in [0.717, 1.165) is 6.08 Å². The minimum Gasteiger partial charge on any atom is -0.463 e. The third-order valence-corrected chi connectivity index (χ3v) is 2.66. The standard InChI is InChI=1S/C14H10O3.C5H8O2/c15-13(11-7-3-1-4-8-11)17-14(16)12-9-5-2-6-10-12;1-3-5(6)7-4-2/h1-10H;3H,1,4H2,2H3. The molecule has 0 bridgehead atoms. The number of hydrogen-bond donors (Lipinski definition) is 0. The molecule has 2 aromatic carbocycles. The van der Waals surface area contributed by atoms with E-state index in [4.69, 9.17) is 4.74 Å². The minimum atomic E-state index is -0.639. The SMILES string of the molecule is C=CC(=O)OCC.O=C(OC(=O)c1ccccc1)c1ccccc1. The zero-order valence-corrected chi connectivity index (χ0v) is 13.3. The van der Waals surface area contributed by atoms with Crippen LogP contribution in [0.2, 0.25) is 0 Å². The Morgan fingerprint density at radius 2 is 1.29 bits per heavy atom. The highest BCUT2D eigenvalue weighted by atomic mass is 16.6. The molecule has 0 aliphatic rings. The highest BCUT2D eigenvalue weighted by molar-refractivity contribution is 6.02. The molecule has 0 saturated heterocycles. The molecular formula is C19H18O5. The lowest BCUT2D eigenvalue weighted by Crippen LogP contribution is -2.12. The third-order valence-electron chi connectivity index (χ3n) is 2.66. The Hall–Kier alpha value is -3.21. The summed E-state index contributed by atoms with van der Waals surface area (Å²) in [5.41, 5.74) is 0.716. The van der Waals surface area contributed by atoms with E-state index in [9.17, 15) is 14.4 Å². The number of esters is 3. The smallest absolute Gasteiger partial charge is 0.346 e. The molecule has 0 N–H and O–H groups in total. The van der Waals surface area contributed by atoms with Crippen LogP contribution in [0.25, 0.3) is 0 Å². The molecule has 2 aromatic rings. The quantitative estimate of drug-likeness (QED) is 0.489. The number of benzene rings is 2. The van der Waals surface area contributed by atoms with Crippen LogP contribution < -0.4 is 0 Å². The summed E-state index contributed by atoms with van der Waals surface area (Å²) >= 11 is 0. The van der Waals surface area contributed by atoms with Gasteiger partial charge >= 0.3 is 17.9 Å². The molecule has 0 heterocycles. The lowest BCUT2D eigenvalue weighted by Gasteiger charge is -2.02. The fraction of sp³-hybridized carbons (Fsp3) is 0.105. The van der Waals surface area contributed by atoms with Crippen LogP contribution in [-0.4, -0.2) is 24.5 Å². The predicted octanol–water partition coefficient (Wildman–Crippen LogP) is 3.42. The summed E-state index contributed by atoms with van der Waals surface area (Å²) in [5.74, 6) is -1.64. The Morgan fingerprint density at radius 1 is 0.875 bits per heavy atom. The minimum absolute atomic E-state index is 0.358. The maximum Gasteiger partial charge on any atom is 0.346 e. The molecule has 24 heavy (non-hydrogen) atoms. The summed E-state index contributed by atoms with van der Waals surface area (Å²) in [7, 11) is 0. The van der Waals surface area contributed by atoms with Gasteiger partial charge in [0.05, 0.1) is 17.7 Å². The van der Waals surface area contributed by atoms with Gasteiger partial charge in [-0.2, -0.15) is 0 Å². The number of rotatable bonds is 4. The highest BCUT2D eigenvalue weighted by Gasteiger charge is 2.13. The average molecular weight is 326 g/mol. The maximum absolute atomic E-state index is 11.6. The van der Waals surface area contributed by atoms with E-state index in [0.29, 0.717) is 17.7 Å². The van der Waals surface area contributed by atoms with E-state index in [1.54, 1.807) is 67.6 Å². The van der Waals surface area contributed by atoms with Crippen LogP contribution in [0.4, 0.5) is 0 Å². The molecule has 0 saturated carbocycles. The van der Waals surface area contributed by atoms with E-state index < -0.39 is 11.9 Å². The van der Waals surface area contributed by atoms with Crippen molar-refractivity contribution in [1.82, 2.24) is 0 Å². The lowest BCUT2D eigenvalue weighted by molar-refractivity contribution is -0.137. The molecule has 0 radical (unpaired) electrons. The molecule has 0 amide bonds. The summed E-state index contributed by atoms with van der Waals surface area (Å²) in [5, 5.41) is 0. The zero-order chi connectivity index (χ0) is 17.8. The maximum atomic E-state index is 11.6. The van der Waals surface area contributed by atoms with E-state index in [1.807, 2.05) is 0 Å². The largest absolute Gasteiger partial charge is 0.463 e. The van der Waals surface area contributed by atoms with Crippen LogP contribution in [0, 0.1) is 0 Å². The van der Waals surface area contributed by atoms with Crippen molar-refractivity contribution >= 4 is 17.9 Å². The van der Waals surface area contributed by atoms with Crippen LogP contribution >= 0.6 is 0 Å². The summed E-state index contributed by atoms with van der Waals surface area (Å²) in [4.78, 5) is 33.2. The number of ether oxygens (including phenoxy) is 2. The molecule has 5 nitrogen and oxygen atoms in total. The Morgan fingerprint density at radius 3 is 1.58 bits per heavy atom. The van der Waals surface area contributed by atoms with Crippen molar-refractivity contribution in [2.75, 3.05) is 6.61 Å². The molecule has 5 heteroatoms. The lowest BCUT2D eigenvalue weighted by atomic mass is 10.2. The Kier molecular flexibility index (Phi) is 8.25. The van der Waals surface area contributed by atoms with Crippen LogP contribution in [-0.2, 0) is 14.3 Å². The second-order valence-corrected chi connectivity index (χ2v) is 4.37. The molecule has 124 valence electrons. The van der Waals surface area contributed by atoms with Gasteiger partial charge in [-0.15, -0.1) is 0 Å². The van der Waals surface area contributed by atoms with Crippen LogP contribution in [0.1, 0.15) is 27.6 Å². The van der Waals surface area contributed by atoms with Gasteiger partial charge in [0.2, 0.25) is 0 Å². The topological polar surface area (TPSA) is 69.7 Å². The third kappa shape index (κ3) is 6.70. The second kappa shape index (κ2) is 10.5. The van der Waals surface area contributed by atoms with Gasteiger partial charge in [0.15, 0.2) is 0 Å². The van der Waals surface area contributed by atoms with Crippen LogP contribution in [0.3, 0.4) is 0 Å². The first-order valence-corrected chi connectivity index (χ1v) is 7.24. The van der Waals surface area contributed by atoms with Crippen molar-refractivity contribution in [2.45, 2.75) is 6.92 Å². The monoisotopic (exact) mass is 326 g/mol. The number of carbonyl (C=O) groups is 3. The van der Waals surface area contributed by atoms with Crippen molar-refractivity contribution < 1.29 is 23.9 Å². The molecule has 0 fully saturated rings. The first kappa shape index (κ1) is 18.8. The van der Waals surface area contributed by atoms with Crippen molar-refractivity contribution in [3.05, 3.63) is 84.4 Å². The van der Waals surface area contributed by atoms with E-state index in [2.05, 4.69) is 11.3 Å². The van der Waals surface area contributed by atoms with Gasteiger partial charge < -0.3 is 9.47 Å². The van der Waals surface area contributed by atoms with E-state index in [1.165, 1.54) is 0 Å². The molecular weight excluding hydrogens is 308 g/mol. The molecule has 2 rings (SSSR count). The van der Waals surface area contributed by atoms with Crippen LogP contribution in [0.15, 0.2) is 73.3 Å². The Balaban J connectivity index is 0.000000351. The molecule has 0 unspecified atom stereocenters. The summed E-state index contributed by atoms with van der Waals surface area (Å²) in [6.07, 6.45) is 1.14. The first-order valence-electron chi connectivity index (χ1n) is 7.24. The van der Waals surface area contributed by atoms with E-state index >= 15 is 0 Å². The van der Waals surface area contributed by atoms with Gasteiger partial charge in [-0.1, -0.05) is 43.0 Å². The van der Waals surface area contributed by atoms with E-state index in [-0.39, 0.29) is 5.97 Å². The van der Waals surface area contributed by atoms with Crippen LogP contribution in [0.5, 0.6) is 0 Å².